The lowest BCUT2D eigenvalue weighted by molar-refractivity contribution is -0.0402. The highest BCUT2D eigenvalue weighted by molar-refractivity contribution is 7.99. The average Bonchev–Trinajstić information content (AvgIpc) is 2.82. The van der Waals surface area contributed by atoms with E-state index in [1.807, 2.05) is 45.0 Å². The van der Waals surface area contributed by atoms with Crippen LogP contribution >= 0.6 is 11.8 Å². The number of thioether (sulfide) groups is 1. The molecule has 0 radical (unpaired) electrons. The standard InChI is InChI=1S/C30H41N5O3S/c1-19-16-35(17-20(2)32-19)26-25-18-37-30(6,7)14-23(25)24(15-31)27(34-26)39-13-12-21-8-10-22(11-9-21)33-28(36)38-29(3,4)5/h8-11,19-20,32H,12-14,16-18H2,1-7H3,(H,33,36). The minimum atomic E-state index is -0.543. The summed E-state index contributed by atoms with van der Waals surface area (Å²) in [7, 11) is 0. The molecular weight excluding hydrogens is 510 g/mol. The van der Waals surface area contributed by atoms with E-state index in [4.69, 9.17) is 14.5 Å². The fraction of sp³-hybridized carbons (Fsp3) is 0.567. The first kappa shape index (κ1) is 29.2. The lowest BCUT2D eigenvalue weighted by Crippen LogP contribution is -2.55. The lowest BCUT2D eigenvalue weighted by Gasteiger charge is -2.40. The van der Waals surface area contributed by atoms with E-state index in [9.17, 15) is 10.1 Å². The summed E-state index contributed by atoms with van der Waals surface area (Å²) in [5.41, 5.74) is 3.80. The van der Waals surface area contributed by atoms with Gasteiger partial charge in [-0.15, -0.1) is 11.8 Å². The van der Waals surface area contributed by atoms with E-state index in [2.05, 4.69) is 49.3 Å². The van der Waals surface area contributed by atoms with Crippen molar-refractivity contribution < 1.29 is 14.3 Å². The number of carbonyl (C=O) groups excluding carboxylic acids is 1. The highest BCUT2D eigenvalue weighted by Crippen LogP contribution is 2.39. The molecule has 2 atom stereocenters. The summed E-state index contributed by atoms with van der Waals surface area (Å²) in [4.78, 5) is 19.5. The topological polar surface area (TPSA) is 99.5 Å². The Bertz CT molecular complexity index is 1220. The van der Waals surface area contributed by atoms with Crippen molar-refractivity contribution >= 4 is 29.4 Å². The van der Waals surface area contributed by atoms with E-state index in [0.29, 0.717) is 36.4 Å². The van der Waals surface area contributed by atoms with Crippen molar-refractivity contribution in [2.45, 2.75) is 96.2 Å². The molecular formula is C30H41N5O3S. The first-order chi connectivity index (χ1) is 18.3. The number of hydrogen-bond donors (Lipinski definition) is 2. The summed E-state index contributed by atoms with van der Waals surface area (Å²) in [6.07, 6.45) is 1.04. The van der Waals surface area contributed by atoms with E-state index < -0.39 is 11.7 Å². The number of rotatable bonds is 6. The van der Waals surface area contributed by atoms with E-state index in [1.54, 1.807) is 11.8 Å². The van der Waals surface area contributed by atoms with Crippen molar-refractivity contribution in [3.8, 4) is 6.07 Å². The molecule has 9 heteroatoms. The molecule has 0 saturated carbocycles. The molecule has 2 aromatic rings. The maximum atomic E-state index is 12.0. The van der Waals surface area contributed by atoms with Gasteiger partial charge in [0.25, 0.3) is 0 Å². The fourth-order valence-corrected chi connectivity index (χ4v) is 6.14. The second-order valence-electron chi connectivity index (χ2n) is 12.2. The van der Waals surface area contributed by atoms with E-state index in [-0.39, 0.29) is 5.60 Å². The molecule has 2 aliphatic rings. The largest absolute Gasteiger partial charge is 0.444 e. The highest BCUT2D eigenvalue weighted by atomic mass is 32.2. The number of nitrogens with one attached hydrogen (secondary N) is 2. The van der Waals surface area contributed by atoms with Crippen LogP contribution in [0.5, 0.6) is 0 Å². The molecule has 210 valence electrons. The first-order valence-electron chi connectivity index (χ1n) is 13.7. The molecule has 3 heterocycles. The Kier molecular flexibility index (Phi) is 8.79. The second-order valence-corrected chi connectivity index (χ2v) is 13.3. The molecule has 1 saturated heterocycles. The number of fused-ring (bicyclic) bond motifs is 1. The van der Waals surface area contributed by atoms with Gasteiger partial charge in [-0.3, -0.25) is 5.32 Å². The smallest absolute Gasteiger partial charge is 0.412 e. The number of aryl methyl sites for hydroxylation is 1. The maximum Gasteiger partial charge on any atom is 0.412 e. The zero-order valence-electron chi connectivity index (χ0n) is 24.2. The van der Waals surface area contributed by atoms with Crippen LogP contribution in [0.4, 0.5) is 16.3 Å². The molecule has 2 unspecified atom stereocenters. The highest BCUT2D eigenvalue weighted by Gasteiger charge is 2.34. The molecule has 2 aliphatic heterocycles. The third-order valence-electron chi connectivity index (χ3n) is 6.76. The molecule has 0 bridgehead atoms. The summed E-state index contributed by atoms with van der Waals surface area (Å²) in [6, 6.07) is 11.0. The zero-order chi connectivity index (χ0) is 28.4. The van der Waals surface area contributed by atoms with Crippen LogP contribution in [0, 0.1) is 11.3 Å². The lowest BCUT2D eigenvalue weighted by atomic mass is 9.89. The average molecular weight is 552 g/mol. The minimum absolute atomic E-state index is 0.321. The number of hydrogen-bond acceptors (Lipinski definition) is 8. The number of carbonyl (C=O) groups is 1. The molecule has 1 fully saturated rings. The number of ether oxygens (including phenoxy) is 2. The van der Waals surface area contributed by atoms with Gasteiger partial charge in [0, 0.05) is 48.6 Å². The summed E-state index contributed by atoms with van der Waals surface area (Å²) in [5, 5.41) is 17.4. The molecule has 39 heavy (non-hydrogen) atoms. The normalized spacial score (nSPS) is 20.6. The SMILES string of the molecule is CC1CN(c2nc(SCCc3ccc(NC(=O)OC(C)(C)C)cc3)c(C#N)c3c2COC(C)(C)C3)CC(C)N1. The Morgan fingerprint density at radius 1 is 1.23 bits per heavy atom. The van der Waals surface area contributed by atoms with Gasteiger partial charge in [-0.2, -0.15) is 5.26 Å². The van der Waals surface area contributed by atoms with Gasteiger partial charge in [-0.25, -0.2) is 9.78 Å². The summed E-state index contributed by atoms with van der Waals surface area (Å²) >= 11 is 1.63. The van der Waals surface area contributed by atoms with Gasteiger partial charge in [0.05, 0.1) is 17.8 Å². The number of amides is 1. The van der Waals surface area contributed by atoms with Crippen LogP contribution in [0.25, 0.3) is 0 Å². The van der Waals surface area contributed by atoms with Crippen LogP contribution in [-0.4, -0.2) is 53.2 Å². The van der Waals surface area contributed by atoms with Crippen LogP contribution in [0.2, 0.25) is 0 Å². The third-order valence-corrected chi connectivity index (χ3v) is 7.74. The van der Waals surface area contributed by atoms with Crippen LogP contribution < -0.4 is 15.5 Å². The zero-order valence-corrected chi connectivity index (χ0v) is 25.0. The Morgan fingerprint density at radius 3 is 2.51 bits per heavy atom. The van der Waals surface area contributed by atoms with Gasteiger partial charge in [-0.05, 0) is 78.1 Å². The molecule has 0 spiro atoms. The molecule has 0 aliphatic carbocycles. The number of pyridine rings is 1. The maximum absolute atomic E-state index is 12.0. The van der Waals surface area contributed by atoms with Crippen molar-refractivity contribution in [1.29, 1.82) is 5.26 Å². The van der Waals surface area contributed by atoms with Crippen molar-refractivity contribution in [1.82, 2.24) is 10.3 Å². The minimum Gasteiger partial charge on any atom is -0.444 e. The number of aromatic nitrogens is 1. The van der Waals surface area contributed by atoms with Crippen molar-refractivity contribution in [2.75, 3.05) is 29.1 Å². The van der Waals surface area contributed by atoms with Gasteiger partial charge in [-0.1, -0.05) is 12.1 Å². The van der Waals surface area contributed by atoms with Gasteiger partial charge in [0.1, 0.15) is 22.5 Å². The quantitative estimate of drug-likeness (QED) is 0.443. The van der Waals surface area contributed by atoms with Crippen LogP contribution in [0.1, 0.15) is 70.7 Å². The Labute approximate surface area is 236 Å². The number of benzene rings is 1. The monoisotopic (exact) mass is 551 g/mol. The Balaban J connectivity index is 1.51. The van der Waals surface area contributed by atoms with Crippen molar-refractivity contribution in [3.63, 3.8) is 0 Å². The number of nitriles is 1. The van der Waals surface area contributed by atoms with Gasteiger partial charge < -0.3 is 19.7 Å². The molecule has 1 aromatic heterocycles. The molecule has 1 aromatic carbocycles. The first-order valence-corrected chi connectivity index (χ1v) is 14.6. The summed E-state index contributed by atoms with van der Waals surface area (Å²) in [6.45, 7) is 16.3. The number of anilines is 2. The predicted octanol–water partition coefficient (Wildman–Crippen LogP) is 5.67. The predicted molar refractivity (Wildman–Crippen MR) is 157 cm³/mol. The Hall–Kier alpha value is -2.80. The van der Waals surface area contributed by atoms with Crippen LogP contribution in [-0.2, 0) is 28.9 Å². The molecule has 2 N–H and O–H groups in total. The van der Waals surface area contributed by atoms with E-state index >= 15 is 0 Å². The second kappa shape index (κ2) is 11.7. The van der Waals surface area contributed by atoms with Gasteiger partial charge in [0.15, 0.2) is 0 Å². The Morgan fingerprint density at radius 2 is 1.90 bits per heavy atom. The van der Waals surface area contributed by atoms with Crippen molar-refractivity contribution in [2.24, 2.45) is 0 Å². The van der Waals surface area contributed by atoms with Crippen LogP contribution in [0.3, 0.4) is 0 Å². The van der Waals surface area contributed by atoms with Crippen molar-refractivity contribution in [3.05, 3.63) is 46.5 Å². The number of piperazine rings is 1. The number of nitrogens with zero attached hydrogens (tertiary/aromatic N) is 3. The molecule has 4 rings (SSSR count). The van der Waals surface area contributed by atoms with Crippen LogP contribution in [0.15, 0.2) is 29.3 Å². The van der Waals surface area contributed by atoms with E-state index in [1.165, 1.54) is 0 Å². The fourth-order valence-electron chi connectivity index (χ4n) is 5.15. The van der Waals surface area contributed by atoms with Gasteiger partial charge >= 0.3 is 6.09 Å². The van der Waals surface area contributed by atoms with Gasteiger partial charge in [0.2, 0.25) is 0 Å². The van der Waals surface area contributed by atoms with E-state index in [0.717, 1.165) is 52.8 Å². The molecule has 8 nitrogen and oxygen atoms in total. The molecule has 1 amide bonds. The summed E-state index contributed by atoms with van der Waals surface area (Å²) < 4.78 is 11.5. The summed E-state index contributed by atoms with van der Waals surface area (Å²) in [5.74, 6) is 1.74. The third kappa shape index (κ3) is 7.65.